The van der Waals surface area contributed by atoms with E-state index >= 15 is 0 Å². The van der Waals surface area contributed by atoms with E-state index in [1.165, 1.54) is 21.3 Å². The third kappa shape index (κ3) is 3.11. The van der Waals surface area contributed by atoms with Crippen LogP contribution in [0, 0.1) is 5.92 Å². The van der Waals surface area contributed by atoms with E-state index < -0.39 is 17.9 Å². The summed E-state index contributed by atoms with van der Waals surface area (Å²) in [5.74, 6) is -3.40. The summed E-state index contributed by atoms with van der Waals surface area (Å²) in [4.78, 5) is 21.9. The summed E-state index contributed by atoms with van der Waals surface area (Å²) in [6.45, 7) is 0. The quantitative estimate of drug-likeness (QED) is 0.721. The molecule has 7 heteroatoms. The molecule has 0 aliphatic rings. The zero-order valence-corrected chi connectivity index (χ0v) is 11.4. The second-order valence-electron chi connectivity index (χ2n) is 3.93. The van der Waals surface area contributed by atoms with E-state index in [2.05, 4.69) is 0 Å². The van der Waals surface area contributed by atoms with Gasteiger partial charge < -0.3 is 24.4 Å². The van der Waals surface area contributed by atoms with Gasteiger partial charge >= 0.3 is 11.9 Å². The van der Waals surface area contributed by atoms with E-state index in [1.807, 2.05) is 0 Å². The smallest absolute Gasteiger partial charge is 0.318 e. The van der Waals surface area contributed by atoms with Gasteiger partial charge in [0.1, 0.15) is 0 Å². The standard InChI is InChI=1S/C13H16O7/c1-18-9-5-4-7(10(19-2)11(9)20-3)6-8(12(14)15)13(16)17/h4-5,8H,6H2,1-3H3,(H,14,15)(H,16,17). The number of rotatable bonds is 7. The van der Waals surface area contributed by atoms with Crippen molar-refractivity contribution in [2.75, 3.05) is 21.3 Å². The number of carboxylic acid groups (broad SMARTS) is 2. The molecule has 0 aromatic heterocycles. The minimum atomic E-state index is -1.55. The summed E-state index contributed by atoms with van der Waals surface area (Å²) < 4.78 is 15.4. The molecule has 0 unspecified atom stereocenters. The first kappa shape index (κ1) is 15.6. The van der Waals surface area contributed by atoms with Crippen LogP contribution in [0.2, 0.25) is 0 Å². The van der Waals surface area contributed by atoms with Gasteiger partial charge in [-0.3, -0.25) is 9.59 Å². The number of carboxylic acids is 2. The van der Waals surface area contributed by atoms with Crippen molar-refractivity contribution in [2.24, 2.45) is 5.92 Å². The average molecular weight is 284 g/mol. The molecule has 7 nitrogen and oxygen atoms in total. The number of carbonyl (C=O) groups is 2. The number of hydrogen-bond acceptors (Lipinski definition) is 5. The Balaban J connectivity index is 3.24. The van der Waals surface area contributed by atoms with E-state index in [1.54, 1.807) is 12.1 Å². The van der Waals surface area contributed by atoms with Crippen molar-refractivity contribution in [3.63, 3.8) is 0 Å². The van der Waals surface area contributed by atoms with E-state index in [9.17, 15) is 9.59 Å². The van der Waals surface area contributed by atoms with Crippen LogP contribution < -0.4 is 14.2 Å². The molecule has 0 aliphatic carbocycles. The van der Waals surface area contributed by atoms with Gasteiger partial charge in [0.25, 0.3) is 0 Å². The molecule has 0 spiro atoms. The van der Waals surface area contributed by atoms with Crippen LogP contribution in [-0.2, 0) is 16.0 Å². The molecular weight excluding hydrogens is 268 g/mol. The van der Waals surface area contributed by atoms with Gasteiger partial charge in [-0.2, -0.15) is 0 Å². The highest BCUT2D eigenvalue weighted by Gasteiger charge is 2.28. The number of ether oxygens (including phenoxy) is 3. The van der Waals surface area contributed by atoms with Crippen LogP contribution in [0.15, 0.2) is 12.1 Å². The van der Waals surface area contributed by atoms with Crippen LogP contribution in [0.25, 0.3) is 0 Å². The second-order valence-corrected chi connectivity index (χ2v) is 3.93. The van der Waals surface area contributed by atoms with Gasteiger partial charge in [-0.15, -0.1) is 0 Å². The predicted molar refractivity (Wildman–Crippen MR) is 68.6 cm³/mol. The molecule has 1 aromatic rings. The maximum Gasteiger partial charge on any atom is 0.318 e. The number of benzene rings is 1. The molecule has 0 fully saturated rings. The minimum absolute atomic E-state index is 0.214. The Kier molecular flexibility index (Phi) is 5.19. The molecule has 110 valence electrons. The molecule has 1 aromatic carbocycles. The Morgan fingerprint density at radius 2 is 1.55 bits per heavy atom. The molecule has 0 radical (unpaired) electrons. The highest BCUT2D eigenvalue weighted by Crippen LogP contribution is 2.40. The van der Waals surface area contributed by atoms with Crippen molar-refractivity contribution in [1.82, 2.24) is 0 Å². The Morgan fingerprint density at radius 3 is 1.95 bits per heavy atom. The Hall–Kier alpha value is -2.44. The van der Waals surface area contributed by atoms with Gasteiger partial charge in [0, 0.05) is 6.42 Å². The summed E-state index contributed by atoms with van der Waals surface area (Å²) >= 11 is 0. The number of aliphatic carboxylic acids is 2. The van der Waals surface area contributed by atoms with Crippen LogP contribution >= 0.6 is 0 Å². The second kappa shape index (κ2) is 6.65. The topological polar surface area (TPSA) is 102 Å². The first-order valence-electron chi connectivity index (χ1n) is 5.69. The summed E-state index contributed by atoms with van der Waals surface area (Å²) in [6.07, 6.45) is -0.214. The van der Waals surface area contributed by atoms with Crippen molar-refractivity contribution in [3.05, 3.63) is 17.7 Å². The Labute approximate surface area is 115 Å². The number of methoxy groups -OCH3 is 3. The Bertz CT molecular complexity index is 496. The third-order valence-corrected chi connectivity index (χ3v) is 2.81. The fourth-order valence-corrected chi connectivity index (χ4v) is 1.82. The van der Waals surface area contributed by atoms with Crippen LogP contribution in [0.3, 0.4) is 0 Å². The maximum atomic E-state index is 10.9. The average Bonchev–Trinajstić information content (AvgIpc) is 2.42. The van der Waals surface area contributed by atoms with E-state index in [4.69, 9.17) is 24.4 Å². The summed E-state index contributed by atoms with van der Waals surface area (Å²) in [6, 6.07) is 3.12. The lowest BCUT2D eigenvalue weighted by molar-refractivity contribution is -0.154. The highest BCUT2D eigenvalue weighted by atomic mass is 16.5. The fourth-order valence-electron chi connectivity index (χ4n) is 1.82. The molecule has 0 aliphatic heterocycles. The molecule has 0 atom stereocenters. The van der Waals surface area contributed by atoms with E-state index in [0.717, 1.165) is 0 Å². The van der Waals surface area contributed by atoms with Crippen molar-refractivity contribution < 1.29 is 34.0 Å². The van der Waals surface area contributed by atoms with Gasteiger partial charge in [-0.25, -0.2) is 0 Å². The van der Waals surface area contributed by atoms with Crippen LogP contribution in [0.5, 0.6) is 17.2 Å². The molecule has 2 N–H and O–H groups in total. The third-order valence-electron chi connectivity index (χ3n) is 2.81. The lowest BCUT2D eigenvalue weighted by Crippen LogP contribution is -2.25. The van der Waals surface area contributed by atoms with Crippen molar-refractivity contribution in [2.45, 2.75) is 6.42 Å². The van der Waals surface area contributed by atoms with Crippen molar-refractivity contribution in [3.8, 4) is 17.2 Å². The first-order chi connectivity index (χ1) is 9.46. The molecule has 0 amide bonds. The van der Waals surface area contributed by atoms with Gasteiger partial charge in [0.2, 0.25) is 5.75 Å². The molecule has 0 saturated heterocycles. The lowest BCUT2D eigenvalue weighted by Gasteiger charge is -2.16. The fraction of sp³-hybridized carbons (Fsp3) is 0.385. The summed E-state index contributed by atoms with van der Waals surface area (Å²) in [5.41, 5.74) is 0.417. The summed E-state index contributed by atoms with van der Waals surface area (Å²) in [5, 5.41) is 17.8. The molecule has 0 heterocycles. The van der Waals surface area contributed by atoms with Gasteiger partial charge in [0.15, 0.2) is 17.4 Å². The first-order valence-corrected chi connectivity index (χ1v) is 5.69. The lowest BCUT2D eigenvalue weighted by atomic mass is 9.98. The Morgan fingerprint density at radius 1 is 1.00 bits per heavy atom. The van der Waals surface area contributed by atoms with Crippen molar-refractivity contribution in [1.29, 1.82) is 0 Å². The molecular formula is C13H16O7. The van der Waals surface area contributed by atoms with E-state index in [0.29, 0.717) is 17.1 Å². The van der Waals surface area contributed by atoms with E-state index in [-0.39, 0.29) is 12.2 Å². The summed E-state index contributed by atoms with van der Waals surface area (Å²) in [7, 11) is 4.25. The molecule has 0 saturated carbocycles. The van der Waals surface area contributed by atoms with Crippen LogP contribution in [0.1, 0.15) is 5.56 Å². The monoisotopic (exact) mass is 284 g/mol. The minimum Gasteiger partial charge on any atom is -0.493 e. The maximum absolute atomic E-state index is 10.9. The number of hydrogen-bond donors (Lipinski definition) is 2. The normalized spacial score (nSPS) is 10.2. The van der Waals surface area contributed by atoms with Gasteiger partial charge in [-0.1, -0.05) is 6.07 Å². The predicted octanol–water partition coefficient (Wildman–Crippen LogP) is 1.04. The molecule has 1 rings (SSSR count). The molecule has 20 heavy (non-hydrogen) atoms. The van der Waals surface area contributed by atoms with Gasteiger partial charge in [0.05, 0.1) is 21.3 Å². The zero-order valence-electron chi connectivity index (χ0n) is 11.4. The van der Waals surface area contributed by atoms with Gasteiger partial charge in [-0.05, 0) is 11.6 Å². The van der Waals surface area contributed by atoms with Crippen molar-refractivity contribution >= 4 is 11.9 Å². The highest BCUT2D eigenvalue weighted by molar-refractivity contribution is 5.93. The van der Waals surface area contributed by atoms with Crippen LogP contribution in [0.4, 0.5) is 0 Å². The molecule has 0 bridgehead atoms. The van der Waals surface area contributed by atoms with Crippen LogP contribution in [-0.4, -0.2) is 43.5 Å². The SMILES string of the molecule is COc1ccc(CC(C(=O)O)C(=O)O)c(OC)c1OC. The zero-order chi connectivity index (χ0) is 15.3. The largest absolute Gasteiger partial charge is 0.493 e.